The van der Waals surface area contributed by atoms with Gasteiger partial charge in [-0.15, -0.1) is 0 Å². The maximum atomic E-state index is 6.07. The minimum Gasteiger partial charge on any atom is -0.437 e. The SMILES string of the molecule is Cc1ccc2c(oc3ncccc32)c1-c1cc(C(C)C)ccn1. The lowest BCUT2D eigenvalue weighted by atomic mass is 9.98. The molecule has 0 aliphatic heterocycles. The van der Waals surface area contributed by atoms with E-state index in [1.54, 1.807) is 6.20 Å². The zero-order valence-corrected chi connectivity index (χ0v) is 13.5. The van der Waals surface area contributed by atoms with Crippen LogP contribution in [0.1, 0.15) is 30.9 Å². The number of furan rings is 1. The topological polar surface area (TPSA) is 38.9 Å². The van der Waals surface area contributed by atoms with Crippen molar-refractivity contribution in [3.8, 4) is 11.3 Å². The first-order chi connectivity index (χ1) is 11.1. The highest BCUT2D eigenvalue weighted by atomic mass is 16.3. The van der Waals surface area contributed by atoms with Gasteiger partial charge in [0.15, 0.2) is 0 Å². The average molecular weight is 302 g/mol. The highest BCUT2D eigenvalue weighted by Gasteiger charge is 2.16. The Morgan fingerprint density at radius 3 is 2.65 bits per heavy atom. The number of hydrogen-bond acceptors (Lipinski definition) is 3. The van der Waals surface area contributed by atoms with Gasteiger partial charge in [-0.3, -0.25) is 4.98 Å². The maximum Gasteiger partial charge on any atom is 0.227 e. The molecule has 0 radical (unpaired) electrons. The molecule has 0 aliphatic rings. The fourth-order valence-electron chi connectivity index (χ4n) is 3.03. The quantitative estimate of drug-likeness (QED) is 0.492. The van der Waals surface area contributed by atoms with Crippen molar-refractivity contribution >= 4 is 22.1 Å². The van der Waals surface area contributed by atoms with Gasteiger partial charge in [0.05, 0.1) is 5.69 Å². The Morgan fingerprint density at radius 2 is 1.83 bits per heavy atom. The van der Waals surface area contributed by atoms with E-state index in [0.29, 0.717) is 11.6 Å². The minimum atomic E-state index is 0.466. The predicted octanol–water partition coefficient (Wildman–Crippen LogP) is 5.47. The van der Waals surface area contributed by atoms with E-state index in [2.05, 4.69) is 55.0 Å². The van der Waals surface area contributed by atoms with Crippen molar-refractivity contribution in [3.05, 3.63) is 59.9 Å². The van der Waals surface area contributed by atoms with Crippen molar-refractivity contribution in [2.45, 2.75) is 26.7 Å². The van der Waals surface area contributed by atoms with Gasteiger partial charge in [-0.2, -0.15) is 0 Å². The summed E-state index contributed by atoms with van der Waals surface area (Å²) in [6, 6.07) is 12.5. The molecule has 0 fully saturated rings. The van der Waals surface area contributed by atoms with Crippen LogP contribution in [-0.2, 0) is 0 Å². The predicted molar refractivity (Wildman–Crippen MR) is 93.6 cm³/mol. The molecule has 3 heteroatoms. The van der Waals surface area contributed by atoms with E-state index in [1.807, 2.05) is 18.3 Å². The van der Waals surface area contributed by atoms with E-state index in [4.69, 9.17) is 4.42 Å². The van der Waals surface area contributed by atoms with Gasteiger partial charge in [0.25, 0.3) is 0 Å². The molecule has 0 unspecified atom stereocenters. The molecule has 0 saturated heterocycles. The molecule has 4 rings (SSSR count). The molecular formula is C20H18N2O. The molecule has 3 nitrogen and oxygen atoms in total. The van der Waals surface area contributed by atoms with Crippen LogP contribution in [0.5, 0.6) is 0 Å². The van der Waals surface area contributed by atoms with Crippen LogP contribution >= 0.6 is 0 Å². The normalized spacial score (nSPS) is 11.7. The van der Waals surface area contributed by atoms with Crippen molar-refractivity contribution < 1.29 is 4.42 Å². The number of pyridine rings is 2. The summed E-state index contributed by atoms with van der Waals surface area (Å²) in [5, 5.41) is 2.13. The summed E-state index contributed by atoms with van der Waals surface area (Å²) in [7, 11) is 0. The second kappa shape index (κ2) is 5.20. The second-order valence-corrected chi connectivity index (χ2v) is 6.22. The van der Waals surface area contributed by atoms with Gasteiger partial charge in [-0.1, -0.05) is 26.0 Å². The van der Waals surface area contributed by atoms with E-state index in [9.17, 15) is 0 Å². The third kappa shape index (κ3) is 2.20. The van der Waals surface area contributed by atoms with Crippen LogP contribution < -0.4 is 0 Å². The van der Waals surface area contributed by atoms with E-state index in [-0.39, 0.29) is 0 Å². The Morgan fingerprint density at radius 1 is 0.957 bits per heavy atom. The molecule has 0 aliphatic carbocycles. The highest BCUT2D eigenvalue weighted by Crippen LogP contribution is 2.36. The summed E-state index contributed by atoms with van der Waals surface area (Å²) in [5.74, 6) is 0.466. The molecule has 1 aromatic carbocycles. The van der Waals surface area contributed by atoms with Crippen molar-refractivity contribution in [1.29, 1.82) is 0 Å². The molecule has 0 bridgehead atoms. The summed E-state index contributed by atoms with van der Waals surface area (Å²) < 4.78 is 6.07. The number of benzene rings is 1. The molecular weight excluding hydrogens is 284 g/mol. The molecule has 23 heavy (non-hydrogen) atoms. The third-order valence-corrected chi connectivity index (χ3v) is 4.33. The molecule has 0 N–H and O–H groups in total. The Labute approximate surface area is 135 Å². The highest BCUT2D eigenvalue weighted by molar-refractivity contribution is 6.08. The lowest BCUT2D eigenvalue weighted by molar-refractivity contribution is 0.654. The number of fused-ring (bicyclic) bond motifs is 3. The van der Waals surface area contributed by atoms with Gasteiger partial charge in [-0.25, -0.2) is 4.98 Å². The van der Waals surface area contributed by atoms with Crippen molar-refractivity contribution in [2.75, 3.05) is 0 Å². The molecule has 0 spiro atoms. The van der Waals surface area contributed by atoms with Gasteiger partial charge >= 0.3 is 0 Å². The zero-order chi connectivity index (χ0) is 16.0. The summed E-state index contributed by atoms with van der Waals surface area (Å²) in [6.45, 7) is 6.48. The zero-order valence-electron chi connectivity index (χ0n) is 13.5. The average Bonchev–Trinajstić information content (AvgIpc) is 2.93. The largest absolute Gasteiger partial charge is 0.437 e. The Bertz CT molecular complexity index is 1010. The van der Waals surface area contributed by atoms with Gasteiger partial charge in [0.2, 0.25) is 5.71 Å². The van der Waals surface area contributed by atoms with E-state index < -0.39 is 0 Å². The van der Waals surface area contributed by atoms with Crippen LogP contribution in [0, 0.1) is 6.92 Å². The van der Waals surface area contributed by atoms with Crippen molar-refractivity contribution in [1.82, 2.24) is 9.97 Å². The summed E-state index contributed by atoms with van der Waals surface area (Å²) in [4.78, 5) is 8.93. The molecule has 3 aromatic heterocycles. The number of aryl methyl sites for hydroxylation is 1. The second-order valence-electron chi connectivity index (χ2n) is 6.22. The third-order valence-electron chi connectivity index (χ3n) is 4.33. The Hall–Kier alpha value is -2.68. The minimum absolute atomic E-state index is 0.466. The number of aromatic nitrogens is 2. The van der Waals surface area contributed by atoms with Crippen molar-refractivity contribution in [2.24, 2.45) is 0 Å². The van der Waals surface area contributed by atoms with Gasteiger partial charge in [-0.05, 0) is 48.2 Å². The van der Waals surface area contributed by atoms with Crippen LogP contribution in [0.25, 0.3) is 33.3 Å². The lowest BCUT2D eigenvalue weighted by Gasteiger charge is -2.10. The number of nitrogens with zero attached hydrogens (tertiary/aromatic N) is 2. The van der Waals surface area contributed by atoms with Crippen LogP contribution in [0.4, 0.5) is 0 Å². The van der Waals surface area contributed by atoms with Crippen LogP contribution in [0.15, 0.2) is 53.2 Å². The molecule has 0 amide bonds. The Balaban J connectivity index is 2.06. The summed E-state index contributed by atoms with van der Waals surface area (Å²) >= 11 is 0. The molecule has 114 valence electrons. The first-order valence-corrected chi connectivity index (χ1v) is 7.88. The fourth-order valence-corrected chi connectivity index (χ4v) is 3.03. The first-order valence-electron chi connectivity index (χ1n) is 7.88. The first kappa shape index (κ1) is 13.9. The van der Waals surface area contributed by atoms with Crippen molar-refractivity contribution in [3.63, 3.8) is 0 Å². The van der Waals surface area contributed by atoms with E-state index in [1.165, 1.54) is 5.56 Å². The maximum absolute atomic E-state index is 6.07. The molecule has 3 heterocycles. The van der Waals surface area contributed by atoms with Crippen LogP contribution in [-0.4, -0.2) is 9.97 Å². The van der Waals surface area contributed by atoms with Crippen LogP contribution in [0.3, 0.4) is 0 Å². The molecule has 4 aromatic rings. The van der Waals surface area contributed by atoms with Gasteiger partial charge < -0.3 is 4.42 Å². The smallest absolute Gasteiger partial charge is 0.227 e. The van der Waals surface area contributed by atoms with Gasteiger partial charge in [0, 0.05) is 28.7 Å². The van der Waals surface area contributed by atoms with Crippen LogP contribution in [0.2, 0.25) is 0 Å². The summed E-state index contributed by atoms with van der Waals surface area (Å²) in [5.41, 5.74) is 5.99. The number of hydrogen-bond donors (Lipinski definition) is 0. The lowest BCUT2D eigenvalue weighted by Crippen LogP contribution is -1.92. The molecule has 0 saturated carbocycles. The standard InChI is InChI=1S/C20H18N2O/c1-12(2)14-8-10-21-17(11-14)18-13(3)6-7-15-16-5-4-9-22-20(16)23-19(15)18/h4-12H,1-3H3. The summed E-state index contributed by atoms with van der Waals surface area (Å²) in [6.07, 6.45) is 3.64. The molecule has 0 atom stereocenters. The van der Waals surface area contributed by atoms with E-state index in [0.717, 1.165) is 33.2 Å². The Kier molecular flexibility index (Phi) is 3.15. The fraction of sp³-hybridized carbons (Fsp3) is 0.200. The number of rotatable bonds is 2. The van der Waals surface area contributed by atoms with Gasteiger partial charge in [0.1, 0.15) is 5.58 Å². The van der Waals surface area contributed by atoms with E-state index >= 15 is 0 Å². The monoisotopic (exact) mass is 302 g/mol.